The first-order valence-electron chi connectivity index (χ1n) is 9.17. The SMILES string of the molecule is Cc1nn(C2CCS(=O)(=O)C2)c(C)c1C(=O)NC(C)CCCC(C)C. The Bertz CT molecular complexity index is 722. The Hall–Kier alpha value is -1.37. The summed E-state index contributed by atoms with van der Waals surface area (Å²) in [5, 5.41) is 7.52. The highest BCUT2D eigenvalue weighted by Gasteiger charge is 2.32. The summed E-state index contributed by atoms with van der Waals surface area (Å²) in [5.41, 5.74) is 2.00. The molecule has 1 amide bonds. The van der Waals surface area contributed by atoms with Crippen molar-refractivity contribution in [2.24, 2.45) is 5.92 Å². The molecular weight excluding hydrogens is 338 g/mol. The Morgan fingerprint density at radius 2 is 1.96 bits per heavy atom. The molecular formula is C18H31N3O3S. The van der Waals surface area contributed by atoms with E-state index in [2.05, 4.69) is 24.3 Å². The highest BCUT2D eigenvalue weighted by molar-refractivity contribution is 7.91. The summed E-state index contributed by atoms with van der Waals surface area (Å²) < 4.78 is 25.2. The van der Waals surface area contributed by atoms with Gasteiger partial charge in [0.2, 0.25) is 0 Å². The van der Waals surface area contributed by atoms with Crippen molar-refractivity contribution >= 4 is 15.7 Å². The van der Waals surface area contributed by atoms with Crippen molar-refractivity contribution in [3.63, 3.8) is 0 Å². The lowest BCUT2D eigenvalue weighted by Crippen LogP contribution is -2.33. The Balaban J connectivity index is 2.05. The summed E-state index contributed by atoms with van der Waals surface area (Å²) in [6, 6.07) is -0.0472. The van der Waals surface area contributed by atoms with Crippen LogP contribution in [0.2, 0.25) is 0 Å². The third-order valence-electron chi connectivity index (χ3n) is 4.90. The topological polar surface area (TPSA) is 81.1 Å². The van der Waals surface area contributed by atoms with Gasteiger partial charge in [-0.05, 0) is 39.5 Å². The summed E-state index contributed by atoms with van der Waals surface area (Å²) >= 11 is 0. The smallest absolute Gasteiger partial charge is 0.255 e. The van der Waals surface area contributed by atoms with Crippen molar-refractivity contribution in [2.45, 2.75) is 72.4 Å². The number of nitrogens with one attached hydrogen (secondary N) is 1. The van der Waals surface area contributed by atoms with E-state index in [1.54, 1.807) is 4.68 Å². The zero-order chi connectivity index (χ0) is 18.8. The van der Waals surface area contributed by atoms with E-state index in [9.17, 15) is 13.2 Å². The molecule has 6 nitrogen and oxygen atoms in total. The fourth-order valence-electron chi connectivity index (χ4n) is 3.52. The Kier molecular flexibility index (Phi) is 6.30. The van der Waals surface area contributed by atoms with Gasteiger partial charge in [0, 0.05) is 11.7 Å². The van der Waals surface area contributed by atoms with Crippen LogP contribution in [0.4, 0.5) is 0 Å². The highest BCUT2D eigenvalue weighted by Crippen LogP contribution is 2.26. The van der Waals surface area contributed by atoms with Gasteiger partial charge >= 0.3 is 0 Å². The predicted octanol–water partition coefficient (Wildman–Crippen LogP) is 2.80. The van der Waals surface area contributed by atoms with Crippen LogP contribution in [0.3, 0.4) is 0 Å². The number of aryl methyl sites for hydroxylation is 1. The Morgan fingerprint density at radius 1 is 1.28 bits per heavy atom. The monoisotopic (exact) mass is 369 g/mol. The van der Waals surface area contributed by atoms with Crippen molar-refractivity contribution in [1.29, 1.82) is 0 Å². The molecule has 2 heterocycles. The van der Waals surface area contributed by atoms with Crippen LogP contribution in [0.15, 0.2) is 0 Å². The number of hydrogen-bond donors (Lipinski definition) is 1. The molecule has 0 radical (unpaired) electrons. The van der Waals surface area contributed by atoms with Crippen LogP contribution >= 0.6 is 0 Å². The summed E-state index contributed by atoms with van der Waals surface area (Å²) in [6.07, 6.45) is 3.77. The molecule has 0 saturated carbocycles. The maximum absolute atomic E-state index is 12.7. The zero-order valence-corrected chi connectivity index (χ0v) is 16.8. The van der Waals surface area contributed by atoms with E-state index < -0.39 is 9.84 Å². The molecule has 1 aliphatic heterocycles. The van der Waals surface area contributed by atoms with E-state index in [0.29, 0.717) is 23.6 Å². The normalized spacial score (nSPS) is 20.8. The van der Waals surface area contributed by atoms with Crippen molar-refractivity contribution in [1.82, 2.24) is 15.1 Å². The number of nitrogens with zero attached hydrogens (tertiary/aromatic N) is 2. The third-order valence-corrected chi connectivity index (χ3v) is 6.65. The van der Waals surface area contributed by atoms with Crippen molar-refractivity contribution < 1.29 is 13.2 Å². The van der Waals surface area contributed by atoms with Crippen LogP contribution in [-0.4, -0.2) is 41.7 Å². The Morgan fingerprint density at radius 3 is 2.52 bits per heavy atom. The lowest BCUT2D eigenvalue weighted by atomic mass is 10.0. The van der Waals surface area contributed by atoms with Crippen molar-refractivity contribution in [3.8, 4) is 0 Å². The second-order valence-corrected chi connectivity index (χ2v) is 9.98. The molecule has 1 aromatic rings. The van der Waals surface area contributed by atoms with Gasteiger partial charge in [0.05, 0.1) is 28.8 Å². The lowest BCUT2D eigenvalue weighted by molar-refractivity contribution is 0.0936. The summed E-state index contributed by atoms with van der Waals surface area (Å²) in [7, 11) is -2.98. The quantitative estimate of drug-likeness (QED) is 0.801. The molecule has 0 spiro atoms. The number of sulfone groups is 1. The van der Waals surface area contributed by atoms with Crippen molar-refractivity contribution in [2.75, 3.05) is 11.5 Å². The maximum Gasteiger partial charge on any atom is 0.255 e. The summed E-state index contributed by atoms with van der Waals surface area (Å²) in [5.74, 6) is 0.874. The van der Waals surface area contributed by atoms with Gasteiger partial charge in [-0.2, -0.15) is 5.10 Å². The number of carbonyl (C=O) groups excluding carboxylic acids is 1. The molecule has 7 heteroatoms. The van der Waals surface area contributed by atoms with E-state index >= 15 is 0 Å². The first-order valence-corrected chi connectivity index (χ1v) is 11.0. The molecule has 2 atom stereocenters. The lowest BCUT2D eigenvalue weighted by Gasteiger charge is -2.15. The summed E-state index contributed by atoms with van der Waals surface area (Å²) in [6.45, 7) is 10.1. The first kappa shape index (κ1) is 19.9. The van der Waals surface area contributed by atoms with Gasteiger partial charge in [-0.15, -0.1) is 0 Å². The van der Waals surface area contributed by atoms with Gasteiger partial charge in [0.25, 0.3) is 5.91 Å². The zero-order valence-electron chi connectivity index (χ0n) is 16.0. The molecule has 1 aromatic heterocycles. The minimum absolute atomic E-state index is 0.111. The van der Waals surface area contributed by atoms with Crippen LogP contribution in [0.5, 0.6) is 0 Å². The van der Waals surface area contributed by atoms with E-state index in [-0.39, 0.29) is 29.5 Å². The first-order chi connectivity index (χ1) is 11.6. The number of hydrogen-bond acceptors (Lipinski definition) is 4. The van der Waals surface area contributed by atoms with Gasteiger partial charge in [-0.1, -0.05) is 26.7 Å². The highest BCUT2D eigenvalue weighted by atomic mass is 32.2. The molecule has 142 valence electrons. The molecule has 0 aliphatic carbocycles. The van der Waals surface area contributed by atoms with Crippen LogP contribution in [0.1, 0.15) is 74.2 Å². The average molecular weight is 370 g/mol. The predicted molar refractivity (Wildman–Crippen MR) is 99.6 cm³/mol. The van der Waals surface area contributed by atoms with Crippen LogP contribution in [0, 0.1) is 19.8 Å². The van der Waals surface area contributed by atoms with Crippen LogP contribution in [-0.2, 0) is 9.84 Å². The number of aromatic nitrogens is 2. The van der Waals surface area contributed by atoms with Crippen LogP contribution in [0.25, 0.3) is 0 Å². The fourth-order valence-corrected chi connectivity index (χ4v) is 5.21. The van der Waals surface area contributed by atoms with Gasteiger partial charge in [-0.25, -0.2) is 8.42 Å². The van der Waals surface area contributed by atoms with Crippen molar-refractivity contribution in [3.05, 3.63) is 17.0 Å². The molecule has 1 fully saturated rings. The third kappa shape index (κ3) is 5.06. The standard InChI is InChI=1S/C18H31N3O3S/c1-12(2)7-6-8-13(3)19-18(22)17-14(4)20-21(15(17)5)16-9-10-25(23,24)11-16/h12-13,16H,6-11H2,1-5H3,(H,19,22). The number of rotatable bonds is 7. The molecule has 1 saturated heterocycles. The van der Waals surface area contributed by atoms with E-state index in [1.807, 2.05) is 20.8 Å². The van der Waals surface area contributed by atoms with Crippen LogP contribution < -0.4 is 5.32 Å². The maximum atomic E-state index is 12.7. The number of carbonyl (C=O) groups is 1. The van der Waals surface area contributed by atoms with Gasteiger partial charge in [-0.3, -0.25) is 9.48 Å². The molecule has 25 heavy (non-hydrogen) atoms. The molecule has 2 rings (SSSR count). The molecule has 1 N–H and O–H groups in total. The van der Waals surface area contributed by atoms with E-state index in [1.165, 1.54) is 0 Å². The van der Waals surface area contributed by atoms with E-state index in [0.717, 1.165) is 25.0 Å². The van der Waals surface area contributed by atoms with Gasteiger partial charge in [0.1, 0.15) is 0 Å². The average Bonchev–Trinajstić information content (AvgIpc) is 2.97. The summed E-state index contributed by atoms with van der Waals surface area (Å²) in [4.78, 5) is 12.7. The number of amides is 1. The molecule has 0 bridgehead atoms. The molecule has 0 aromatic carbocycles. The van der Waals surface area contributed by atoms with Gasteiger partial charge < -0.3 is 5.32 Å². The Labute approximate surface area is 151 Å². The second kappa shape index (κ2) is 7.89. The minimum Gasteiger partial charge on any atom is -0.349 e. The minimum atomic E-state index is -2.98. The molecule has 1 aliphatic rings. The van der Waals surface area contributed by atoms with Gasteiger partial charge in [0.15, 0.2) is 9.84 Å². The van der Waals surface area contributed by atoms with E-state index in [4.69, 9.17) is 0 Å². The second-order valence-electron chi connectivity index (χ2n) is 7.75. The fraction of sp³-hybridized carbons (Fsp3) is 0.778. The largest absolute Gasteiger partial charge is 0.349 e. The molecule has 2 unspecified atom stereocenters.